The fourth-order valence-electron chi connectivity index (χ4n) is 3.01. The normalized spacial score (nSPS) is 27.9. The van der Waals surface area contributed by atoms with Gasteiger partial charge >= 0.3 is 5.97 Å². The molecule has 5 nitrogen and oxygen atoms in total. The summed E-state index contributed by atoms with van der Waals surface area (Å²) in [7, 11) is 0. The molecule has 1 aliphatic carbocycles. The first-order valence-corrected chi connectivity index (χ1v) is 6.88. The second kappa shape index (κ2) is 4.84. The van der Waals surface area contributed by atoms with Crippen molar-refractivity contribution in [2.75, 3.05) is 4.90 Å². The number of carboxylic acids is 1. The van der Waals surface area contributed by atoms with Gasteiger partial charge in [0.2, 0.25) is 11.8 Å². The van der Waals surface area contributed by atoms with Crippen LogP contribution in [-0.2, 0) is 9.59 Å². The van der Waals surface area contributed by atoms with E-state index in [-0.39, 0.29) is 35.1 Å². The molecular formula is C16H15NO4. The summed E-state index contributed by atoms with van der Waals surface area (Å²) in [4.78, 5) is 36.9. The number of fused-ring (bicyclic) bond motifs is 1. The molecule has 0 bridgehead atoms. The van der Waals surface area contributed by atoms with Crippen LogP contribution in [0.4, 0.5) is 5.69 Å². The van der Waals surface area contributed by atoms with Crippen molar-refractivity contribution in [3.63, 3.8) is 0 Å². The molecule has 1 aliphatic heterocycles. The van der Waals surface area contributed by atoms with Gasteiger partial charge in [-0.15, -0.1) is 0 Å². The van der Waals surface area contributed by atoms with Crippen molar-refractivity contribution in [1.82, 2.24) is 0 Å². The summed E-state index contributed by atoms with van der Waals surface area (Å²) in [6.45, 7) is 2.02. The van der Waals surface area contributed by atoms with E-state index in [0.29, 0.717) is 12.1 Å². The van der Waals surface area contributed by atoms with Crippen LogP contribution in [-0.4, -0.2) is 22.9 Å². The zero-order valence-corrected chi connectivity index (χ0v) is 11.5. The van der Waals surface area contributed by atoms with Crippen molar-refractivity contribution in [3.8, 4) is 0 Å². The lowest BCUT2D eigenvalue weighted by Gasteiger charge is -2.19. The van der Waals surface area contributed by atoms with E-state index in [4.69, 9.17) is 5.11 Å². The van der Waals surface area contributed by atoms with E-state index < -0.39 is 5.97 Å². The molecule has 108 valence electrons. The number of allylic oxidation sites excluding steroid dienone is 1. The van der Waals surface area contributed by atoms with Crippen molar-refractivity contribution in [2.45, 2.75) is 13.3 Å². The van der Waals surface area contributed by atoms with Crippen molar-refractivity contribution >= 4 is 23.5 Å². The first-order valence-electron chi connectivity index (χ1n) is 6.88. The maximum absolute atomic E-state index is 12.5. The van der Waals surface area contributed by atoms with Crippen molar-refractivity contribution in [2.24, 2.45) is 17.8 Å². The van der Waals surface area contributed by atoms with Crippen LogP contribution in [0.1, 0.15) is 23.7 Å². The summed E-state index contributed by atoms with van der Waals surface area (Å²) in [6, 6.07) is 5.81. The van der Waals surface area contributed by atoms with E-state index in [1.165, 1.54) is 29.2 Å². The topological polar surface area (TPSA) is 74.7 Å². The van der Waals surface area contributed by atoms with Crippen LogP contribution < -0.4 is 4.90 Å². The lowest BCUT2D eigenvalue weighted by molar-refractivity contribution is -0.122. The van der Waals surface area contributed by atoms with Crippen LogP contribution in [0, 0.1) is 17.8 Å². The predicted octanol–water partition coefficient (Wildman–Crippen LogP) is 2.09. The van der Waals surface area contributed by atoms with Gasteiger partial charge in [0.1, 0.15) is 0 Å². The smallest absolute Gasteiger partial charge is 0.335 e. The Hall–Kier alpha value is -2.43. The molecule has 21 heavy (non-hydrogen) atoms. The number of anilines is 1. The highest BCUT2D eigenvalue weighted by molar-refractivity contribution is 6.22. The van der Waals surface area contributed by atoms with Crippen molar-refractivity contribution < 1.29 is 19.5 Å². The molecule has 0 aromatic heterocycles. The van der Waals surface area contributed by atoms with Crippen molar-refractivity contribution in [1.29, 1.82) is 0 Å². The number of amides is 2. The molecule has 3 atom stereocenters. The average Bonchev–Trinajstić information content (AvgIpc) is 2.70. The van der Waals surface area contributed by atoms with Crippen LogP contribution in [0.5, 0.6) is 0 Å². The van der Waals surface area contributed by atoms with Crippen LogP contribution >= 0.6 is 0 Å². The van der Waals surface area contributed by atoms with Crippen LogP contribution in [0.2, 0.25) is 0 Å². The summed E-state index contributed by atoms with van der Waals surface area (Å²) >= 11 is 0. The summed E-state index contributed by atoms with van der Waals surface area (Å²) in [5.41, 5.74) is 0.564. The second-order valence-corrected chi connectivity index (χ2v) is 5.59. The van der Waals surface area contributed by atoms with Gasteiger partial charge in [-0.1, -0.05) is 19.1 Å². The van der Waals surface area contributed by atoms with E-state index in [0.717, 1.165) is 0 Å². The molecule has 1 heterocycles. The number of carbonyl (C=O) groups is 3. The Labute approximate surface area is 121 Å². The number of rotatable bonds is 2. The summed E-state index contributed by atoms with van der Waals surface area (Å²) in [5.74, 6) is -1.84. The lowest BCUT2D eigenvalue weighted by Crippen LogP contribution is -2.30. The number of imide groups is 1. The molecule has 5 heteroatoms. The summed E-state index contributed by atoms with van der Waals surface area (Å²) in [5, 5.41) is 8.89. The van der Waals surface area contributed by atoms with Gasteiger partial charge in [-0.3, -0.25) is 9.59 Å². The Kier molecular flexibility index (Phi) is 3.12. The predicted molar refractivity (Wildman–Crippen MR) is 75.8 cm³/mol. The third-order valence-corrected chi connectivity index (χ3v) is 4.12. The number of carbonyl (C=O) groups excluding carboxylic acids is 2. The Morgan fingerprint density at radius 2 is 1.81 bits per heavy atom. The molecule has 0 radical (unpaired) electrons. The highest BCUT2D eigenvalue weighted by Crippen LogP contribution is 2.38. The van der Waals surface area contributed by atoms with Gasteiger partial charge in [0.25, 0.3) is 0 Å². The Balaban J connectivity index is 1.93. The molecule has 1 aromatic rings. The fraction of sp³-hybridized carbons (Fsp3) is 0.312. The van der Waals surface area contributed by atoms with Gasteiger partial charge in [0.15, 0.2) is 0 Å². The van der Waals surface area contributed by atoms with Crippen LogP contribution in [0.25, 0.3) is 0 Å². The number of aromatic carboxylic acids is 1. The minimum absolute atomic E-state index is 0.128. The summed E-state index contributed by atoms with van der Waals surface area (Å²) in [6.07, 6.45) is 4.48. The molecule has 3 rings (SSSR count). The monoisotopic (exact) mass is 285 g/mol. The van der Waals surface area contributed by atoms with Crippen LogP contribution in [0.15, 0.2) is 36.4 Å². The first kappa shape index (κ1) is 13.5. The highest BCUT2D eigenvalue weighted by Gasteiger charge is 2.48. The first-order chi connectivity index (χ1) is 9.99. The molecule has 2 aliphatic rings. The van der Waals surface area contributed by atoms with Gasteiger partial charge in [0, 0.05) is 0 Å². The standard InChI is InChI=1S/C16H15NO4/c1-9-2-7-12-13(8-9)15(19)17(14(12)18)11-5-3-10(4-6-11)16(20)21/h2-7,9,12-13H,8H2,1H3,(H,20,21)/t9-,12-,13-/m1/s1. The molecule has 1 aromatic carbocycles. The maximum atomic E-state index is 12.5. The zero-order valence-electron chi connectivity index (χ0n) is 11.5. The highest BCUT2D eigenvalue weighted by atomic mass is 16.4. The molecule has 0 saturated carbocycles. The molecule has 2 amide bonds. The van der Waals surface area contributed by atoms with E-state index in [1.54, 1.807) is 0 Å². The number of hydrogen-bond acceptors (Lipinski definition) is 3. The van der Waals surface area contributed by atoms with E-state index in [9.17, 15) is 14.4 Å². The third-order valence-electron chi connectivity index (χ3n) is 4.12. The van der Waals surface area contributed by atoms with Gasteiger partial charge in [0.05, 0.1) is 23.1 Å². The van der Waals surface area contributed by atoms with Gasteiger partial charge in [-0.25, -0.2) is 9.69 Å². The molecule has 1 fully saturated rings. The van der Waals surface area contributed by atoms with Crippen molar-refractivity contribution in [3.05, 3.63) is 42.0 Å². The van der Waals surface area contributed by atoms with Gasteiger partial charge in [-0.2, -0.15) is 0 Å². The number of carboxylic acid groups (broad SMARTS) is 1. The Morgan fingerprint density at radius 1 is 1.14 bits per heavy atom. The van der Waals surface area contributed by atoms with Crippen LogP contribution in [0.3, 0.4) is 0 Å². The average molecular weight is 285 g/mol. The molecule has 1 saturated heterocycles. The lowest BCUT2D eigenvalue weighted by atomic mass is 9.81. The molecule has 0 unspecified atom stereocenters. The second-order valence-electron chi connectivity index (χ2n) is 5.59. The minimum atomic E-state index is -1.04. The molecule has 1 N–H and O–H groups in total. The largest absolute Gasteiger partial charge is 0.478 e. The quantitative estimate of drug-likeness (QED) is 0.667. The SMILES string of the molecule is C[C@@H]1C=C[C@H]2C(=O)N(c3ccc(C(=O)O)cc3)C(=O)[C@@H]2C1. The molecule has 0 spiro atoms. The van der Waals surface area contributed by atoms with E-state index in [2.05, 4.69) is 0 Å². The van der Waals surface area contributed by atoms with E-state index >= 15 is 0 Å². The van der Waals surface area contributed by atoms with Gasteiger partial charge in [-0.05, 0) is 36.6 Å². The minimum Gasteiger partial charge on any atom is -0.478 e. The van der Waals surface area contributed by atoms with Gasteiger partial charge < -0.3 is 5.11 Å². The number of nitrogens with zero attached hydrogens (tertiary/aromatic N) is 1. The van der Waals surface area contributed by atoms with E-state index in [1.807, 2.05) is 19.1 Å². The number of benzene rings is 1. The Morgan fingerprint density at radius 3 is 2.43 bits per heavy atom. The third kappa shape index (κ3) is 2.14. The summed E-state index contributed by atoms with van der Waals surface area (Å²) < 4.78 is 0. The maximum Gasteiger partial charge on any atom is 0.335 e. The fourth-order valence-corrected chi connectivity index (χ4v) is 3.01. The Bertz CT molecular complexity index is 647. The number of hydrogen-bond donors (Lipinski definition) is 1. The zero-order chi connectivity index (χ0) is 15.1. The molecular weight excluding hydrogens is 270 g/mol.